The zero-order valence-corrected chi connectivity index (χ0v) is 11.2. The zero-order valence-electron chi connectivity index (χ0n) is 9.58. The van der Waals surface area contributed by atoms with E-state index in [0.29, 0.717) is 5.69 Å². The van der Waals surface area contributed by atoms with Crippen molar-refractivity contribution in [2.24, 2.45) is 0 Å². The van der Waals surface area contributed by atoms with Crippen molar-refractivity contribution in [3.8, 4) is 0 Å². The summed E-state index contributed by atoms with van der Waals surface area (Å²) in [6.45, 7) is 5.84. The second kappa shape index (κ2) is 5.30. The summed E-state index contributed by atoms with van der Waals surface area (Å²) in [7, 11) is 0. The summed E-state index contributed by atoms with van der Waals surface area (Å²) in [4.78, 5) is 15.5. The lowest BCUT2D eigenvalue weighted by Gasteiger charge is -2.19. The highest BCUT2D eigenvalue weighted by Crippen LogP contribution is 2.14. The largest absolute Gasteiger partial charge is 0.443 e. The molecule has 1 rings (SSSR count). The number of alkyl carbamates (subject to hydrolysis) is 1. The van der Waals surface area contributed by atoms with Gasteiger partial charge in [-0.1, -0.05) is 0 Å². The highest BCUT2D eigenvalue weighted by Gasteiger charge is 2.14. The van der Waals surface area contributed by atoms with E-state index in [4.69, 9.17) is 4.74 Å². The van der Waals surface area contributed by atoms with Gasteiger partial charge in [-0.2, -0.15) is 0 Å². The number of carbonyl (C=O) groups is 1. The molecule has 0 aliphatic carbocycles. The molecule has 1 aromatic heterocycles. The van der Waals surface area contributed by atoms with Crippen molar-refractivity contribution >= 4 is 22.0 Å². The molecule has 1 aromatic rings. The van der Waals surface area contributed by atoms with Crippen molar-refractivity contribution < 1.29 is 9.53 Å². The van der Waals surface area contributed by atoms with Gasteiger partial charge in [0.05, 0.1) is 5.69 Å². The van der Waals surface area contributed by atoms with Gasteiger partial charge in [-0.25, -0.2) is 4.79 Å². The molecule has 0 saturated carbocycles. The molecule has 0 spiro atoms. The van der Waals surface area contributed by atoms with Gasteiger partial charge in [0.15, 0.2) is 0 Å². The van der Waals surface area contributed by atoms with Crippen molar-refractivity contribution in [2.75, 3.05) is 0 Å². The first-order valence-corrected chi connectivity index (χ1v) is 5.72. The van der Waals surface area contributed by atoms with Gasteiger partial charge in [-0.05, 0) is 48.8 Å². The van der Waals surface area contributed by atoms with Crippen molar-refractivity contribution in [3.05, 3.63) is 28.5 Å². The number of halogens is 1. The first-order valence-electron chi connectivity index (χ1n) is 4.93. The molecule has 5 heteroatoms. The molecule has 0 fully saturated rings. The number of nitrogens with zero attached hydrogens (tertiary/aromatic N) is 1. The summed E-state index contributed by atoms with van der Waals surface area (Å²) in [6, 6.07) is 3.66. The van der Waals surface area contributed by atoms with Crippen molar-refractivity contribution in [1.29, 1.82) is 0 Å². The lowest BCUT2D eigenvalue weighted by molar-refractivity contribution is 0.129. The molecule has 0 aliphatic rings. The maximum Gasteiger partial charge on any atom is 0.407 e. The van der Waals surface area contributed by atoms with Crippen LogP contribution >= 0.6 is 15.9 Å². The minimum absolute atomic E-state index is 0.156. The number of rotatable bonds is 2. The Morgan fingerprint density at radius 1 is 1.56 bits per heavy atom. The van der Waals surface area contributed by atoms with Gasteiger partial charge in [-0.15, -0.1) is 0 Å². The van der Waals surface area contributed by atoms with E-state index in [-0.39, 0.29) is 12.1 Å². The summed E-state index contributed by atoms with van der Waals surface area (Å²) in [5.41, 5.74) is 0.407. The molecule has 0 aromatic carbocycles. The van der Waals surface area contributed by atoms with Gasteiger partial charge in [0.1, 0.15) is 6.61 Å². The van der Waals surface area contributed by atoms with Gasteiger partial charge < -0.3 is 10.1 Å². The van der Waals surface area contributed by atoms with Crippen LogP contribution in [0.2, 0.25) is 0 Å². The average molecular weight is 287 g/mol. The summed E-state index contributed by atoms with van der Waals surface area (Å²) in [5, 5.41) is 2.70. The third kappa shape index (κ3) is 4.61. The second-order valence-corrected chi connectivity index (χ2v) is 5.24. The number of hydrogen-bond acceptors (Lipinski definition) is 3. The van der Waals surface area contributed by atoms with Crippen molar-refractivity contribution in [1.82, 2.24) is 10.3 Å². The topological polar surface area (TPSA) is 51.2 Å². The molecule has 16 heavy (non-hydrogen) atoms. The molecule has 1 amide bonds. The van der Waals surface area contributed by atoms with Gasteiger partial charge in [0.2, 0.25) is 0 Å². The molecule has 0 radical (unpaired) electrons. The Morgan fingerprint density at radius 3 is 2.81 bits per heavy atom. The first-order chi connectivity index (χ1) is 7.38. The molecule has 1 N–H and O–H groups in total. The summed E-state index contributed by atoms with van der Waals surface area (Å²) < 4.78 is 5.87. The number of hydrogen-bond donors (Lipinski definition) is 1. The van der Waals surface area contributed by atoms with Crippen LogP contribution < -0.4 is 5.32 Å². The summed E-state index contributed by atoms with van der Waals surface area (Å²) in [5.74, 6) is 0. The molecular formula is C11H15BrN2O2. The Hall–Kier alpha value is -1.10. The zero-order chi connectivity index (χ0) is 12.2. The van der Waals surface area contributed by atoms with Crippen LogP contribution in [0.1, 0.15) is 26.5 Å². The van der Waals surface area contributed by atoms with E-state index in [1.54, 1.807) is 6.20 Å². The molecule has 1 heterocycles. The van der Waals surface area contributed by atoms with Crippen LogP contribution in [0.4, 0.5) is 4.79 Å². The maximum atomic E-state index is 11.4. The fourth-order valence-electron chi connectivity index (χ4n) is 1.00. The van der Waals surface area contributed by atoms with E-state index in [9.17, 15) is 4.79 Å². The van der Waals surface area contributed by atoms with E-state index in [1.807, 2.05) is 32.9 Å². The van der Waals surface area contributed by atoms with Crippen LogP contribution in [0.25, 0.3) is 0 Å². The SMILES string of the molecule is CC(C)(C)NC(=O)OCc1ncccc1Br. The molecule has 0 atom stereocenters. The van der Waals surface area contributed by atoms with Crippen LogP contribution in [0.5, 0.6) is 0 Å². The summed E-state index contributed by atoms with van der Waals surface area (Å²) in [6.07, 6.45) is 1.22. The lowest BCUT2D eigenvalue weighted by atomic mass is 10.1. The van der Waals surface area contributed by atoms with Crippen LogP contribution in [0, 0.1) is 0 Å². The number of nitrogens with one attached hydrogen (secondary N) is 1. The third-order valence-corrected chi connectivity index (χ3v) is 2.37. The fraction of sp³-hybridized carbons (Fsp3) is 0.455. The highest BCUT2D eigenvalue weighted by atomic mass is 79.9. The van der Waals surface area contributed by atoms with Crippen molar-refractivity contribution in [3.63, 3.8) is 0 Å². The minimum atomic E-state index is -0.440. The monoisotopic (exact) mass is 286 g/mol. The van der Waals surface area contributed by atoms with Crippen LogP contribution in [0.3, 0.4) is 0 Å². The van der Waals surface area contributed by atoms with E-state index in [0.717, 1.165) is 4.47 Å². The molecule has 0 saturated heterocycles. The number of aromatic nitrogens is 1. The molecule has 4 nitrogen and oxygen atoms in total. The molecule has 0 unspecified atom stereocenters. The van der Waals surface area contributed by atoms with E-state index < -0.39 is 6.09 Å². The molecule has 88 valence electrons. The molecule has 0 bridgehead atoms. The van der Waals surface area contributed by atoms with Gasteiger partial charge in [0, 0.05) is 16.2 Å². The Kier molecular flexibility index (Phi) is 4.29. The quantitative estimate of drug-likeness (QED) is 0.910. The lowest BCUT2D eigenvalue weighted by Crippen LogP contribution is -2.40. The number of pyridine rings is 1. The fourth-order valence-corrected chi connectivity index (χ4v) is 1.37. The Morgan fingerprint density at radius 2 is 2.25 bits per heavy atom. The van der Waals surface area contributed by atoms with Crippen molar-refractivity contribution in [2.45, 2.75) is 32.9 Å². The average Bonchev–Trinajstić information content (AvgIpc) is 2.14. The Bertz CT molecular complexity index is 374. The van der Waals surface area contributed by atoms with Crippen LogP contribution in [-0.4, -0.2) is 16.6 Å². The Labute approximate surface area is 104 Å². The molecule has 0 aliphatic heterocycles. The minimum Gasteiger partial charge on any atom is -0.443 e. The Balaban J connectivity index is 2.47. The number of carbonyl (C=O) groups excluding carboxylic acids is 1. The van der Waals surface area contributed by atoms with E-state index >= 15 is 0 Å². The van der Waals surface area contributed by atoms with Crippen LogP contribution in [0.15, 0.2) is 22.8 Å². The maximum absolute atomic E-state index is 11.4. The third-order valence-electron chi connectivity index (χ3n) is 1.65. The smallest absolute Gasteiger partial charge is 0.407 e. The number of amides is 1. The second-order valence-electron chi connectivity index (χ2n) is 4.38. The first kappa shape index (κ1) is 13.0. The standard InChI is InChI=1S/C11H15BrN2O2/c1-11(2,3)14-10(15)16-7-9-8(12)5-4-6-13-9/h4-6H,7H2,1-3H3,(H,14,15). The van der Waals surface area contributed by atoms with Crippen LogP contribution in [-0.2, 0) is 11.3 Å². The predicted octanol–water partition coefficient (Wildman–Crippen LogP) is 2.87. The van der Waals surface area contributed by atoms with Gasteiger partial charge in [0.25, 0.3) is 0 Å². The van der Waals surface area contributed by atoms with E-state index in [2.05, 4.69) is 26.2 Å². The number of ether oxygens (including phenoxy) is 1. The van der Waals surface area contributed by atoms with Gasteiger partial charge >= 0.3 is 6.09 Å². The summed E-state index contributed by atoms with van der Waals surface area (Å²) >= 11 is 3.33. The predicted molar refractivity (Wildman–Crippen MR) is 65.0 cm³/mol. The normalized spacial score (nSPS) is 11.0. The van der Waals surface area contributed by atoms with E-state index in [1.165, 1.54) is 0 Å². The van der Waals surface area contributed by atoms with Gasteiger partial charge in [-0.3, -0.25) is 4.98 Å². The highest BCUT2D eigenvalue weighted by molar-refractivity contribution is 9.10. The molecular weight excluding hydrogens is 272 g/mol.